The highest BCUT2D eigenvalue weighted by molar-refractivity contribution is 6.16. The number of hydrogen-bond acceptors (Lipinski definition) is 9. The lowest BCUT2D eigenvalue weighted by atomic mass is 10.0. The van der Waals surface area contributed by atoms with Gasteiger partial charge in [-0.05, 0) is 18.2 Å². The molecule has 2 unspecified atom stereocenters. The minimum absolute atomic E-state index is 0.107. The van der Waals surface area contributed by atoms with Crippen molar-refractivity contribution in [1.82, 2.24) is 4.98 Å². The number of aliphatic imine (C=N–C) groups is 2. The number of nitrogens with two attached hydrogens (primary N) is 1. The van der Waals surface area contributed by atoms with Gasteiger partial charge in [0, 0.05) is 23.0 Å². The van der Waals surface area contributed by atoms with E-state index in [2.05, 4.69) is 27.2 Å². The lowest BCUT2D eigenvalue weighted by Gasteiger charge is -2.21. The standard InChI is InChI=1S/C28H24N8O2/c1-17-27(35-24(19-7-3-2-4-8-19)21-9-5-6-10-22(21)34-17)36-28(31)38-26(30)25-23(13-18(14-29)15-33-25)32-16-20-11-12-37-20/h2-13,15,20,27,30,32,34H,1,16H2,(H2,31,36). The van der Waals surface area contributed by atoms with Crippen LogP contribution in [-0.2, 0) is 9.47 Å². The van der Waals surface area contributed by atoms with Crippen LogP contribution in [-0.4, -0.2) is 41.4 Å². The largest absolute Gasteiger partial charge is 0.492 e. The molecule has 2 aromatic carbocycles. The van der Waals surface area contributed by atoms with E-state index in [0.29, 0.717) is 23.5 Å². The SMILES string of the molecule is C=C1Nc2ccccc2C(c2ccccc2)=NC1N=C(N)OC(=N)c1ncc(C#N)cc1NCC1C=CO1. The number of nitrogens with one attached hydrogen (secondary N) is 3. The number of amidine groups is 1. The lowest BCUT2D eigenvalue weighted by molar-refractivity contribution is 0.151. The lowest BCUT2D eigenvalue weighted by Crippen LogP contribution is -2.27. The van der Waals surface area contributed by atoms with Crippen molar-refractivity contribution in [2.45, 2.75) is 12.3 Å². The van der Waals surface area contributed by atoms with E-state index < -0.39 is 6.17 Å². The van der Waals surface area contributed by atoms with Crippen LogP contribution in [0.2, 0.25) is 0 Å². The van der Waals surface area contributed by atoms with Gasteiger partial charge in [-0.2, -0.15) is 5.26 Å². The highest BCUT2D eigenvalue weighted by Gasteiger charge is 2.23. The van der Waals surface area contributed by atoms with Crippen LogP contribution >= 0.6 is 0 Å². The topological polar surface area (TPSA) is 154 Å². The van der Waals surface area contributed by atoms with E-state index in [4.69, 9.17) is 25.6 Å². The molecule has 10 heteroatoms. The molecule has 3 heterocycles. The van der Waals surface area contributed by atoms with Crippen LogP contribution in [0.4, 0.5) is 11.4 Å². The Bertz CT molecular complexity index is 1520. The van der Waals surface area contributed by atoms with Crippen LogP contribution in [0.25, 0.3) is 0 Å². The summed E-state index contributed by atoms with van der Waals surface area (Å²) in [5, 5.41) is 24.2. The minimum atomic E-state index is -0.820. The summed E-state index contributed by atoms with van der Waals surface area (Å²) < 4.78 is 10.8. The van der Waals surface area contributed by atoms with Crippen LogP contribution in [0.1, 0.15) is 22.4 Å². The Balaban J connectivity index is 1.41. The average Bonchev–Trinajstić information content (AvgIpc) is 3.04. The molecule has 0 aliphatic carbocycles. The summed E-state index contributed by atoms with van der Waals surface area (Å²) in [6.45, 7) is 4.53. The van der Waals surface area contributed by atoms with Gasteiger partial charge in [-0.15, -0.1) is 0 Å². The molecule has 2 aliphatic rings. The van der Waals surface area contributed by atoms with Gasteiger partial charge in [0.15, 0.2) is 6.17 Å². The second-order valence-electron chi connectivity index (χ2n) is 8.43. The maximum Gasteiger partial charge on any atom is 0.291 e. The monoisotopic (exact) mass is 504 g/mol. The first kappa shape index (κ1) is 24.3. The molecular weight excluding hydrogens is 480 g/mol. The van der Waals surface area contributed by atoms with E-state index in [9.17, 15) is 5.26 Å². The number of aromatic nitrogens is 1. The molecule has 3 aromatic rings. The maximum absolute atomic E-state index is 9.27. The molecular formula is C28H24N8O2. The molecule has 1 aromatic heterocycles. The molecule has 10 nitrogen and oxygen atoms in total. The zero-order valence-electron chi connectivity index (χ0n) is 20.3. The smallest absolute Gasteiger partial charge is 0.291 e. The average molecular weight is 505 g/mol. The quantitative estimate of drug-likeness (QED) is 0.294. The van der Waals surface area contributed by atoms with Gasteiger partial charge in [-0.1, -0.05) is 55.1 Å². The van der Waals surface area contributed by atoms with Crippen molar-refractivity contribution in [1.29, 1.82) is 10.7 Å². The number of anilines is 2. The minimum Gasteiger partial charge on any atom is -0.492 e. The van der Waals surface area contributed by atoms with Gasteiger partial charge >= 0.3 is 0 Å². The number of fused-ring (bicyclic) bond motifs is 1. The molecule has 188 valence electrons. The van der Waals surface area contributed by atoms with Crippen LogP contribution in [0, 0.1) is 16.7 Å². The van der Waals surface area contributed by atoms with Gasteiger partial charge < -0.3 is 25.8 Å². The Hall–Kier alpha value is -5.43. The van der Waals surface area contributed by atoms with E-state index in [1.807, 2.05) is 66.7 Å². The Kier molecular flexibility index (Phi) is 6.82. The Labute approximate surface area is 219 Å². The number of pyridine rings is 1. The van der Waals surface area contributed by atoms with E-state index in [1.165, 1.54) is 6.20 Å². The number of benzene rings is 2. The van der Waals surface area contributed by atoms with Gasteiger partial charge in [0.1, 0.15) is 17.9 Å². The van der Waals surface area contributed by atoms with Crippen LogP contribution in [0.15, 0.2) is 101 Å². The molecule has 0 bridgehead atoms. The third-order valence-corrected chi connectivity index (χ3v) is 5.82. The highest BCUT2D eigenvalue weighted by Crippen LogP contribution is 2.27. The maximum atomic E-state index is 9.27. The molecule has 2 aliphatic heterocycles. The normalized spacial score (nSPS) is 17.9. The van der Waals surface area contributed by atoms with Gasteiger partial charge in [0.2, 0.25) is 5.90 Å². The summed E-state index contributed by atoms with van der Waals surface area (Å²) in [5.74, 6) is -0.342. The third-order valence-electron chi connectivity index (χ3n) is 5.82. The molecule has 38 heavy (non-hydrogen) atoms. The number of nitriles is 1. The van der Waals surface area contributed by atoms with E-state index in [-0.39, 0.29) is 23.7 Å². The van der Waals surface area contributed by atoms with E-state index in [1.54, 1.807) is 12.3 Å². The molecule has 0 saturated heterocycles. The van der Waals surface area contributed by atoms with Gasteiger partial charge in [0.05, 0.1) is 35.5 Å². The third kappa shape index (κ3) is 5.22. The molecule has 5 N–H and O–H groups in total. The first-order valence-electron chi connectivity index (χ1n) is 11.8. The second-order valence-corrected chi connectivity index (χ2v) is 8.43. The Morgan fingerprint density at radius 3 is 2.74 bits per heavy atom. The van der Waals surface area contributed by atoms with E-state index in [0.717, 1.165) is 22.5 Å². The number of hydrogen-bond donors (Lipinski definition) is 4. The number of ether oxygens (including phenoxy) is 2. The van der Waals surface area contributed by atoms with E-state index >= 15 is 0 Å². The molecule has 0 fully saturated rings. The number of para-hydroxylation sites is 1. The summed E-state index contributed by atoms with van der Waals surface area (Å²) in [5.41, 5.74) is 10.9. The molecule has 0 radical (unpaired) electrons. The van der Waals surface area contributed by atoms with Crippen molar-refractivity contribution >= 4 is 29.0 Å². The van der Waals surface area contributed by atoms with Gasteiger partial charge in [-0.25, -0.2) is 9.98 Å². The van der Waals surface area contributed by atoms with Crippen LogP contribution in [0.5, 0.6) is 0 Å². The van der Waals surface area contributed by atoms with Crippen molar-refractivity contribution in [3.63, 3.8) is 0 Å². The summed E-state index contributed by atoms with van der Waals surface area (Å²) in [6, 6.07) is 20.9. The summed E-state index contributed by atoms with van der Waals surface area (Å²) in [4.78, 5) is 13.5. The fourth-order valence-corrected chi connectivity index (χ4v) is 3.90. The number of nitrogens with zero attached hydrogens (tertiary/aromatic N) is 4. The highest BCUT2D eigenvalue weighted by atomic mass is 16.5. The second kappa shape index (κ2) is 10.7. The van der Waals surface area contributed by atoms with Gasteiger partial charge in [0.25, 0.3) is 6.02 Å². The number of rotatable bonds is 6. The first-order valence-corrected chi connectivity index (χ1v) is 11.8. The Morgan fingerprint density at radius 1 is 1.24 bits per heavy atom. The predicted octanol–water partition coefficient (Wildman–Crippen LogP) is 3.74. The zero-order valence-corrected chi connectivity index (χ0v) is 20.3. The van der Waals surface area contributed by atoms with Crippen LogP contribution < -0.4 is 16.4 Å². The first-order chi connectivity index (χ1) is 18.5. The van der Waals surface area contributed by atoms with Crippen molar-refractivity contribution in [2.75, 3.05) is 17.2 Å². The van der Waals surface area contributed by atoms with Crippen molar-refractivity contribution < 1.29 is 9.47 Å². The fourth-order valence-electron chi connectivity index (χ4n) is 3.90. The summed E-state index contributed by atoms with van der Waals surface area (Å²) in [6.07, 6.45) is 3.91. The number of benzodiazepines with no additional fused rings is 1. The summed E-state index contributed by atoms with van der Waals surface area (Å²) in [7, 11) is 0. The molecule has 5 rings (SSSR count). The van der Waals surface area contributed by atoms with Crippen molar-refractivity contribution in [3.05, 3.63) is 114 Å². The Morgan fingerprint density at radius 2 is 2.00 bits per heavy atom. The zero-order chi connectivity index (χ0) is 26.5. The fraction of sp³-hybridized carbons (Fsp3) is 0.107. The van der Waals surface area contributed by atoms with Crippen LogP contribution in [0.3, 0.4) is 0 Å². The van der Waals surface area contributed by atoms with Gasteiger partial charge in [-0.3, -0.25) is 10.4 Å². The molecule has 0 amide bonds. The van der Waals surface area contributed by atoms with Crippen molar-refractivity contribution in [2.24, 2.45) is 15.7 Å². The molecule has 2 atom stereocenters. The summed E-state index contributed by atoms with van der Waals surface area (Å²) >= 11 is 0. The van der Waals surface area contributed by atoms with Crippen molar-refractivity contribution in [3.8, 4) is 6.07 Å². The molecule has 0 saturated carbocycles. The predicted molar refractivity (Wildman–Crippen MR) is 146 cm³/mol. The molecule has 0 spiro atoms.